The summed E-state index contributed by atoms with van der Waals surface area (Å²) in [6, 6.07) is 6.50. The van der Waals surface area contributed by atoms with Gasteiger partial charge >= 0.3 is 0 Å². The summed E-state index contributed by atoms with van der Waals surface area (Å²) in [5.41, 5.74) is 0.354. The van der Waals surface area contributed by atoms with E-state index in [1.54, 1.807) is 24.3 Å². The first-order valence-electron chi connectivity index (χ1n) is 6.35. The Labute approximate surface area is 138 Å². The Morgan fingerprint density at radius 1 is 1.23 bits per heavy atom. The molecule has 0 bridgehead atoms. The lowest BCUT2D eigenvalue weighted by molar-refractivity contribution is -0.127. The van der Waals surface area contributed by atoms with Crippen molar-refractivity contribution in [1.29, 1.82) is 5.26 Å². The van der Waals surface area contributed by atoms with Crippen LogP contribution in [0.1, 0.15) is 0 Å². The van der Waals surface area contributed by atoms with Gasteiger partial charge in [0, 0.05) is 35.0 Å². The van der Waals surface area contributed by atoms with E-state index in [0.717, 1.165) is 0 Å². The molecular formula is C14H15Cl2N3O3. The van der Waals surface area contributed by atoms with Crippen molar-refractivity contribution in [2.45, 2.75) is 0 Å². The lowest BCUT2D eigenvalue weighted by Crippen LogP contribution is -2.36. The number of nitrogens with one attached hydrogen (secondary N) is 1. The third kappa shape index (κ3) is 5.54. The molecule has 0 aliphatic carbocycles. The van der Waals surface area contributed by atoms with Crippen molar-refractivity contribution < 1.29 is 15.0 Å². The van der Waals surface area contributed by atoms with Crippen LogP contribution in [-0.4, -0.2) is 47.3 Å². The zero-order chi connectivity index (χ0) is 16.5. The molecule has 0 saturated carbocycles. The van der Waals surface area contributed by atoms with E-state index in [1.165, 1.54) is 11.1 Å². The molecule has 1 aromatic rings. The maximum atomic E-state index is 12.1. The monoisotopic (exact) mass is 343 g/mol. The molecule has 3 N–H and O–H groups in total. The molecule has 6 nitrogen and oxygen atoms in total. The minimum Gasteiger partial charge on any atom is -0.395 e. The van der Waals surface area contributed by atoms with Crippen molar-refractivity contribution in [3.63, 3.8) is 0 Å². The summed E-state index contributed by atoms with van der Waals surface area (Å²) < 4.78 is 0. The first-order valence-corrected chi connectivity index (χ1v) is 7.11. The molecule has 1 rings (SSSR count). The zero-order valence-corrected chi connectivity index (χ0v) is 13.1. The van der Waals surface area contributed by atoms with Crippen LogP contribution in [-0.2, 0) is 4.79 Å². The van der Waals surface area contributed by atoms with Crippen molar-refractivity contribution in [2.75, 3.05) is 31.6 Å². The molecule has 0 atom stereocenters. The number of nitrogens with zero attached hydrogens (tertiary/aromatic N) is 2. The fourth-order valence-corrected chi connectivity index (χ4v) is 2.19. The summed E-state index contributed by atoms with van der Waals surface area (Å²) in [5.74, 6) is -0.591. The molecule has 1 aromatic carbocycles. The van der Waals surface area contributed by atoms with Crippen LogP contribution in [0, 0.1) is 11.3 Å². The van der Waals surface area contributed by atoms with E-state index < -0.39 is 5.91 Å². The standard InChI is InChI=1S/C14H15Cl2N3O3/c15-11-5-12(16)7-13(6-11)18-9-10(8-17)14(22)19(1-3-20)2-4-21/h5-7,9,18,20-21H,1-4H2/b10-9-. The van der Waals surface area contributed by atoms with Crippen LogP contribution in [0.25, 0.3) is 0 Å². The number of carbonyl (C=O) groups is 1. The molecule has 0 aliphatic heterocycles. The highest BCUT2D eigenvalue weighted by Crippen LogP contribution is 2.22. The van der Waals surface area contributed by atoms with Crippen molar-refractivity contribution in [3.8, 4) is 6.07 Å². The van der Waals surface area contributed by atoms with E-state index in [1.807, 2.05) is 0 Å². The summed E-state index contributed by atoms with van der Waals surface area (Å²) in [4.78, 5) is 13.3. The molecule has 22 heavy (non-hydrogen) atoms. The normalized spacial score (nSPS) is 11.0. The second-order valence-electron chi connectivity index (χ2n) is 4.21. The predicted octanol–water partition coefficient (Wildman–Crippen LogP) is 1.63. The van der Waals surface area contributed by atoms with Crippen LogP contribution >= 0.6 is 23.2 Å². The molecule has 8 heteroatoms. The quantitative estimate of drug-likeness (QED) is 0.516. The third-order valence-electron chi connectivity index (χ3n) is 2.62. The summed E-state index contributed by atoms with van der Waals surface area (Å²) >= 11 is 11.7. The topological polar surface area (TPSA) is 96.6 Å². The SMILES string of the molecule is N#C/C(=C/Nc1cc(Cl)cc(Cl)c1)C(=O)N(CCO)CCO. The second-order valence-corrected chi connectivity index (χ2v) is 5.08. The molecule has 0 unspecified atom stereocenters. The fourth-order valence-electron chi connectivity index (χ4n) is 1.66. The van der Waals surface area contributed by atoms with E-state index in [9.17, 15) is 4.79 Å². The van der Waals surface area contributed by atoms with Crippen molar-refractivity contribution in [2.24, 2.45) is 0 Å². The number of anilines is 1. The zero-order valence-electron chi connectivity index (χ0n) is 11.6. The van der Waals surface area contributed by atoms with Gasteiger partial charge in [-0.25, -0.2) is 0 Å². The van der Waals surface area contributed by atoms with Gasteiger partial charge in [-0.3, -0.25) is 4.79 Å². The number of rotatable bonds is 7. The van der Waals surface area contributed by atoms with Crippen LogP contribution < -0.4 is 5.32 Å². The Morgan fingerprint density at radius 3 is 2.23 bits per heavy atom. The van der Waals surface area contributed by atoms with Gasteiger partial charge in [0.1, 0.15) is 11.6 Å². The molecular weight excluding hydrogens is 329 g/mol. The Balaban J connectivity index is 2.89. The van der Waals surface area contributed by atoms with E-state index in [-0.39, 0.29) is 31.9 Å². The molecule has 0 aromatic heterocycles. The van der Waals surface area contributed by atoms with Crippen LogP contribution in [0.4, 0.5) is 5.69 Å². The predicted molar refractivity (Wildman–Crippen MR) is 84.5 cm³/mol. The molecule has 0 spiro atoms. The van der Waals surface area contributed by atoms with E-state index >= 15 is 0 Å². The number of hydrogen-bond donors (Lipinski definition) is 3. The average molecular weight is 344 g/mol. The van der Waals surface area contributed by atoms with Crippen molar-refractivity contribution >= 4 is 34.8 Å². The minimum absolute atomic E-state index is 0.0292. The summed E-state index contributed by atoms with van der Waals surface area (Å²) in [6.07, 6.45) is 1.23. The third-order valence-corrected chi connectivity index (χ3v) is 3.06. The first kappa shape index (κ1) is 18.3. The molecule has 1 amide bonds. The molecule has 118 valence electrons. The van der Waals surface area contributed by atoms with Gasteiger partial charge in [0.05, 0.1) is 13.2 Å². The van der Waals surface area contributed by atoms with Crippen molar-refractivity contribution in [3.05, 3.63) is 40.0 Å². The molecule has 0 radical (unpaired) electrons. The Morgan fingerprint density at radius 2 is 1.77 bits per heavy atom. The molecule has 0 aliphatic rings. The molecule has 0 heterocycles. The maximum Gasteiger partial charge on any atom is 0.266 e. The van der Waals surface area contributed by atoms with Gasteiger partial charge in [-0.15, -0.1) is 0 Å². The Hall–Kier alpha value is -1.78. The number of amides is 1. The van der Waals surface area contributed by atoms with Gasteiger partial charge in [-0.1, -0.05) is 23.2 Å². The Kier molecular flexibility index (Phi) is 7.71. The number of aliphatic hydroxyl groups is 2. The fraction of sp³-hybridized carbons (Fsp3) is 0.286. The number of halogens is 2. The summed E-state index contributed by atoms with van der Waals surface area (Å²) in [5, 5.41) is 30.5. The number of carbonyl (C=O) groups excluding carboxylic acids is 1. The lowest BCUT2D eigenvalue weighted by atomic mass is 10.2. The number of benzene rings is 1. The van der Waals surface area contributed by atoms with Crippen LogP contribution in [0.3, 0.4) is 0 Å². The highest BCUT2D eigenvalue weighted by molar-refractivity contribution is 6.35. The van der Waals surface area contributed by atoms with Gasteiger partial charge < -0.3 is 20.4 Å². The smallest absolute Gasteiger partial charge is 0.266 e. The van der Waals surface area contributed by atoms with Gasteiger partial charge in [-0.2, -0.15) is 5.26 Å². The second kappa shape index (κ2) is 9.28. The van der Waals surface area contributed by atoms with Crippen molar-refractivity contribution in [1.82, 2.24) is 4.90 Å². The summed E-state index contributed by atoms with van der Waals surface area (Å²) in [6.45, 7) is -0.466. The molecule has 0 saturated heterocycles. The largest absolute Gasteiger partial charge is 0.395 e. The van der Waals surface area contributed by atoms with Gasteiger partial charge in [-0.05, 0) is 18.2 Å². The molecule has 0 fully saturated rings. The summed E-state index contributed by atoms with van der Waals surface area (Å²) in [7, 11) is 0. The van der Waals surface area contributed by atoms with Crippen LogP contribution in [0.2, 0.25) is 10.0 Å². The Bertz CT molecular complexity index is 573. The lowest BCUT2D eigenvalue weighted by Gasteiger charge is -2.20. The van der Waals surface area contributed by atoms with Gasteiger partial charge in [0.2, 0.25) is 0 Å². The van der Waals surface area contributed by atoms with Crippen LogP contribution in [0.15, 0.2) is 30.0 Å². The average Bonchev–Trinajstić information content (AvgIpc) is 2.46. The van der Waals surface area contributed by atoms with E-state index in [4.69, 9.17) is 38.7 Å². The first-order chi connectivity index (χ1) is 10.5. The van der Waals surface area contributed by atoms with Gasteiger partial charge in [0.15, 0.2) is 0 Å². The number of hydrogen-bond acceptors (Lipinski definition) is 5. The number of nitriles is 1. The maximum absolute atomic E-state index is 12.1. The highest BCUT2D eigenvalue weighted by atomic mass is 35.5. The number of aliphatic hydroxyl groups excluding tert-OH is 2. The highest BCUT2D eigenvalue weighted by Gasteiger charge is 2.17. The van der Waals surface area contributed by atoms with E-state index in [0.29, 0.717) is 15.7 Å². The minimum atomic E-state index is -0.591. The van der Waals surface area contributed by atoms with Crippen LogP contribution in [0.5, 0.6) is 0 Å². The van der Waals surface area contributed by atoms with Gasteiger partial charge in [0.25, 0.3) is 5.91 Å². The van der Waals surface area contributed by atoms with E-state index in [2.05, 4.69) is 5.32 Å².